The molecule has 3 aromatic rings. The Morgan fingerprint density at radius 2 is 1.64 bits per heavy atom. The van der Waals surface area contributed by atoms with Crippen LogP contribution < -0.4 is 20.1 Å². The summed E-state index contributed by atoms with van der Waals surface area (Å²) in [5.74, 6) is -2.99. The number of carbonyl (C=O) groups excluding carboxylic acids is 3. The van der Waals surface area contributed by atoms with Crippen LogP contribution in [0, 0.1) is 5.82 Å². The standard InChI is InChI=1S/C35H47FN6O10S/c1-33(2,3)49-29(45)26(52-40-27(28(43)44)25-20-53-30(38-25)39-32(47)51-35(7,8)9)19-48-22-12-13-23(24(36)16-22)21-17-41(10)42(18-21)15-11-14-37-31(46)50-34(4,5)6/h12-13,16-18,20,26H,11,14-15,19H2,1-10H3,(H2-,37,38,39,43,44,46,47)/p+1. The van der Waals surface area contributed by atoms with E-state index in [1.54, 1.807) is 79.4 Å². The Morgan fingerprint density at radius 3 is 2.25 bits per heavy atom. The van der Waals surface area contributed by atoms with Gasteiger partial charge in [0.2, 0.25) is 11.9 Å². The number of carboxylic acid groups (broad SMARTS) is 1. The number of amides is 2. The summed E-state index contributed by atoms with van der Waals surface area (Å²) in [5.41, 5.74) is -2.24. The SMILES string of the molecule is C[n+]1cc(-c2ccc(OCC(ON=C(C(=O)O)c3csc(NC(=O)OC(C)(C)C)n3)C(=O)OC(C)(C)C)cc2F)cn1CCCNC(=O)OC(C)(C)C. The van der Waals surface area contributed by atoms with Gasteiger partial charge in [-0.3, -0.25) is 5.32 Å². The van der Waals surface area contributed by atoms with Crippen molar-refractivity contribution in [3.05, 3.63) is 47.5 Å². The van der Waals surface area contributed by atoms with Crippen molar-refractivity contribution in [2.45, 2.75) is 98.2 Å². The van der Waals surface area contributed by atoms with Crippen molar-refractivity contribution in [2.75, 3.05) is 18.5 Å². The maximum absolute atomic E-state index is 15.4. The van der Waals surface area contributed by atoms with Crippen LogP contribution in [0.15, 0.2) is 41.1 Å². The minimum atomic E-state index is -1.57. The van der Waals surface area contributed by atoms with E-state index in [4.69, 9.17) is 23.8 Å². The number of esters is 1. The highest BCUT2D eigenvalue weighted by Crippen LogP contribution is 2.26. The number of hydrogen-bond donors (Lipinski definition) is 3. The number of nitrogens with zero attached hydrogens (tertiary/aromatic N) is 4. The third-order valence-electron chi connectivity index (χ3n) is 6.40. The highest BCUT2D eigenvalue weighted by molar-refractivity contribution is 7.14. The molecule has 53 heavy (non-hydrogen) atoms. The smallest absolute Gasteiger partial charge is 0.413 e. The number of carbonyl (C=O) groups is 4. The van der Waals surface area contributed by atoms with Crippen molar-refractivity contribution in [2.24, 2.45) is 12.2 Å². The summed E-state index contributed by atoms with van der Waals surface area (Å²) in [7, 11) is 1.81. The Bertz CT molecular complexity index is 1800. The summed E-state index contributed by atoms with van der Waals surface area (Å²) in [5, 5.41) is 20.0. The molecule has 0 saturated heterocycles. The lowest BCUT2D eigenvalue weighted by Gasteiger charge is -2.23. The number of thiazole rings is 1. The second-order valence-corrected chi connectivity index (χ2v) is 15.6. The van der Waals surface area contributed by atoms with Crippen LogP contribution >= 0.6 is 11.3 Å². The van der Waals surface area contributed by atoms with Crippen molar-refractivity contribution in [3.63, 3.8) is 0 Å². The van der Waals surface area contributed by atoms with Crippen LogP contribution in [-0.4, -0.2) is 80.7 Å². The summed E-state index contributed by atoms with van der Waals surface area (Å²) in [4.78, 5) is 58.5. The Morgan fingerprint density at radius 1 is 1.00 bits per heavy atom. The molecule has 3 rings (SSSR count). The first-order chi connectivity index (χ1) is 24.5. The highest BCUT2D eigenvalue weighted by atomic mass is 32.1. The number of alkyl carbamates (subject to hydrolysis) is 1. The van der Waals surface area contributed by atoms with Gasteiger partial charge in [-0.2, -0.15) is 4.68 Å². The third-order valence-corrected chi connectivity index (χ3v) is 7.16. The van der Waals surface area contributed by atoms with Gasteiger partial charge in [0.1, 0.15) is 40.7 Å². The van der Waals surface area contributed by atoms with Crippen LogP contribution in [-0.2, 0) is 42.2 Å². The van der Waals surface area contributed by atoms with Crippen LogP contribution in [0.25, 0.3) is 11.1 Å². The normalized spacial score (nSPS) is 12.8. The lowest BCUT2D eigenvalue weighted by atomic mass is 10.1. The van der Waals surface area contributed by atoms with Crippen molar-refractivity contribution in [1.29, 1.82) is 0 Å². The van der Waals surface area contributed by atoms with Gasteiger partial charge in [-0.25, -0.2) is 28.6 Å². The molecule has 3 N–H and O–H groups in total. The number of rotatable bonds is 14. The fraction of sp³-hybridized carbons (Fsp3) is 0.514. The van der Waals surface area contributed by atoms with E-state index in [-0.39, 0.29) is 22.1 Å². The van der Waals surface area contributed by atoms with Gasteiger partial charge in [0.25, 0.3) is 6.10 Å². The van der Waals surface area contributed by atoms with Gasteiger partial charge < -0.3 is 34.2 Å². The summed E-state index contributed by atoms with van der Waals surface area (Å²) >= 11 is 0.920. The number of oxime groups is 1. The molecule has 2 heterocycles. The monoisotopic (exact) mass is 763 g/mol. The molecule has 1 aromatic carbocycles. The van der Waals surface area contributed by atoms with Crippen molar-refractivity contribution in [3.8, 4) is 16.9 Å². The number of halogens is 1. The van der Waals surface area contributed by atoms with Gasteiger partial charge in [0.05, 0.1) is 18.3 Å². The zero-order valence-electron chi connectivity index (χ0n) is 31.6. The fourth-order valence-corrected chi connectivity index (χ4v) is 4.99. The Hall–Kier alpha value is -5.26. The Kier molecular flexibility index (Phi) is 13.9. The van der Waals surface area contributed by atoms with E-state index in [9.17, 15) is 24.3 Å². The number of ether oxygens (including phenoxy) is 4. The van der Waals surface area contributed by atoms with E-state index in [0.29, 0.717) is 25.1 Å². The molecule has 2 aromatic heterocycles. The van der Waals surface area contributed by atoms with Gasteiger partial charge in [0, 0.05) is 23.6 Å². The first kappa shape index (κ1) is 42.2. The maximum atomic E-state index is 15.4. The molecule has 0 spiro atoms. The Balaban J connectivity index is 1.71. The predicted molar refractivity (Wildman–Crippen MR) is 192 cm³/mol. The largest absolute Gasteiger partial charge is 0.489 e. The molecule has 0 saturated carbocycles. The number of nitrogens with one attached hydrogen (secondary N) is 2. The van der Waals surface area contributed by atoms with Crippen molar-refractivity contribution in [1.82, 2.24) is 15.0 Å². The molecule has 0 radical (unpaired) electrons. The molecule has 0 aliphatic carbocycles. The van der Waals surface area contributed by atoms with Crippen LogP contribution in [0.4, 0.5) is 19.1 Å². The summed E-state index contributed by atoms with van der Waals surface area (Å²) in [6.45, 7) is 15.7. The first-order valence-electron chi connectivity index (χ1n) is 16.6. The van der Waals surface area contributed by atoms with E-state index in [0.717, 1.165) is 17.4 Å². The number of hydrogen-bond acceptors (Lipinski definition) is 12. The lowest BCUT2D eigenvalue weighted by molar-refractivity contribution is -0.753. The average molecular weight is 764 g/mol. The number of benzene rings is 1. The zero-order chi connectivity index (χ0) is 39.7. The molecule has 0 aliphatic rings. The molecular weight excluding hydrogens is 715 g/mol. The van der Waals surface area contributed by atoms with E-state index >= 15 is 4.39 Å². The van der Waals surface area contributed by atoms with Crippen LogP contribution in [0.3, 0.4) is 0 Å². The summed E-state index contributed by atoms with van der Waals surface area (Å²) in [6.07, 6.45) is 1.28. The van der Waals surface area contributed by atoms with Crippen molar-refractivity contribution >= 4 is 46.3 Å². The molecule has 2 amide bonds. The maximum Gasteiger partial charge on any atom is 0.413 e. The quantitative estimate of drug-likeness (QED) is 0.0474. The minimum Gasteiger partial charge on any atom is -0.489 e. The van der Waals surface area contributed by atoms with Crippen LogP contribution in [0.2, 0.25) is 0 Å². The van der Waals surface area contributed by atoms with Crippen molar-refractivity contribution < 1.29 is 57.1 Å². The zero-order valence-corrected chi connectivity index (χ0v) is 32.4. The summed E-state index contributed by atoms with van der Waals surface area (Å²) < 4.78 is 40.6. The van der Waals surface area contributed by atoms with Gasteiger partial charge in [-0.05, 0) is 80.9 Å². The Labute approximate surface area is 311 Å². The average Bonchev–Trinajstić information content (AvgIpc) is 3.59. The molecule has 0 aliphatic heterocycles. The van der Waals surface area contributed by atoms with Crippen LogP contribution in [0.5, 0.6) is 5.75 Å². The van der Waals surface area contributed by atoms with Gasteiger partial charge in [0.15, 0.2) is 12.2 Å². The van der Waals surface area contributed by atoms with Crippen LogP contribution in [0.1, 0.15) is 74.4 Å². The predicted octanol–water partition coefficient (Wildman–Crippen LogP) is 5.43. The number of anilines is 1. The molecule has 1 atom stereocenters. The van der Waals surface area contributed by atoms with Gasteiger partial charge in [-0.1, -0.05) is 5.16 Å². The second kappa shape index (κ2) is 17.5. The third kappa shape index (κ3) is 14.4. The number of aliphatic carboxylic acids is 1. The lowest BCUT2D eigenvalue weighted by Crippen LogP contribution is -2.39. The fourth-order valence-electron chi connectivity index (χ4n) is 4.31. The number of carboxylic acids is 1. The van der Waals surface area contributed by atoms with E-state index in [1.807, 2.05) is 11.7 Å². The molecule has 0 bridgehead atoms. The number of aryl methyl sites for hydroxylation is 2. The molecule has 0 fully saturated rings. The molecule has 18 heteroatoms. The second-order valence-electron chi connectivity index (χ2n) is 14.7. The van der Waals surface area contributed by atoms with Gasteiger partial charge in [-0.15, -0.1) is 16.0 Å². The number of aromatic nitrogens is 3. The summed E-state index contributed by atoms with van der Waals surface area (Å²) in [6, 6.07) is 4.17. The van der Waals surface area contributed by atoms with E-state index in [1.165, 1.54) is 17.5 Å². The minimum absolute atomic E-state index is 0.0404. The molecule has 1 unspecified atom stereocenters. The molecule has 16 nitrogen and oxygen atoms in total. The van der Waals surface area contributed by atoms with E-state index < -0.39 is 65.2 Å². The molecule has 290 valence electrons. The van der Waals surface area contributed by atoms with E-state index in [2.05, 4.69) is 20.8 Å². The molecular formula is C35H48FN6O10S+. The van der Waals surface area contributed by atoms with Gasteiger partial charge >= 0.3 is 24.1 Å². The first-order valence-corrected chi connectivity index (χ1v) is 17.5. The topological polar surface area (TPSA) is 193 Å². The highest BCUT2D eigenvalue weighted by Gasteiger charge is 2.30.